The number of hydrogen-bond donors (Lipinski definition) is 1. The zero-order chi connectivity index (χ0) is 31.5. The Kier molecular flexibility index (Phi) is 11.4. The fourth-order valence-corrected chi connectivity index (χ4v) is 6.38. The molecule has 0 saturated heterocycles. The lowest BCUT2D eigenvalue weighted by atomic mass is 10.0. The van der Waals surface area contributed by atoms with Crippen LogP contribution in [0.25, 0.3) is 0 Å². The summed E-state index contributed by atoms with van der Waals surface area (Å²) in [5, 5.41) is 3.42. The number of amides is 2. The molecule has 0 aliphatic heterocycles. The third-order valence-corrected chi connectivity index (χ3v) is 9.06. The molecule has 4 aromatic rings. The van der Waals surface area contributed by atoms with E-state index in [1.54, 1.807) is 60.7 Å². The number of nitrogens with zero attached hydrogens (tertiary/aromatic N) is 2. The zero-order valence-corrected chi connectivity index (χ0v) is 26.3. The second-order valence-corrected chi connectivity index (χ2v) is 12.5. The molecule has 4 aromatic carbocycles. The molecule has 0 aliphatic carbocycles. The highest BCUT2D eigenvalue weighted by atomic mass is 35.5. The Hall–Kier alpha value is -4.34. The van der Waals surface area contributed by atoms with Gasteiger partial charge in [0.25, 0.3) is 10.0 Å². The molecule has 0 radical (unpaired) electrons. The summed E-state index contributed by atoms with van der Waals surface area (Å²) >= 11 is 6.28. The first-order valence-corrected chi connectivity index (χ1v) is 16.1. The monoisotopic (exact) mass is 633 g/mol. The molecule has 0 aromatic heterocycles. The minimum absolute atomic E-state index is 0.00197. The van der Waals surface area contributed by atoms with Crippen molar-refractivity contribution in [2.45, 2.75) is 37.2 Å². The van der Waals surface area contributed by atoms with E-state index in [1.807, 2.05) is 43.3 Å². The van der Waals surface area contributed by atoms with E-state index >= 15 is 0 Å². The number of benzene rings is 4. The second-order valence-electron chi connectivity index (χ2n) is 10.2. The molecular formula is C34H36ClN3O5S. The Morgan fingerprint density at radius 1 is 0.864 bits per heavy atom. The predicted molar refractivity (Wildman–Crippen MR) is 173 cm³/mol. The van der Waals surface area contributed by atoms with Crippen molar-refractivity contribution >= 4 is 39.1 Å². The minimum atomic E-state index is -4.20. The van der Waals surface area contributed by atoms with Gasteiger partial charge in [-0.3, -0.25) is 13.9 Å². The lowest BCUT2D eigenvalue weighted by Crippen LogP contribution is -2.53. The summed E-state index contributed by atoms with van der Waals surface area (Å²) in [4.78, 5) is 29.5. The minimum Gasteiger partial charge on any atom is -0.497 e. The highest BCUT2D eigenvalue weighted by Gasteiger charge is 2.34. The number of sulfonamides is 1. The maximum absolute atomic E-state index is 14.4. The lowest BCUT2D eigenvalue weighted by molar-refractivity contribution is -0.140. The number of hydrogen-bond acceptors (Lipinski definition) is 5. The van der Waals surface area contributed by atoms with E-state index < -0.39 is 28.5 Å². The fourth-order valence-electron chi connectivity index (χ4n) is 4.75. The molecule has 2 amide bonds. The van der Waals surface area contributed by atoms with E-state index in [4.69, 9.17) is 16.3 Å². The summed E-state index contributed by atoms with van der Waals surface area (Å²) in [5.41, 5.74) is 1.88. The van der Waals surface area contributed by atoms with Crippen LogP contribution in [0.4, 0.5) is 5.69 Å². The SMILES string of the molecule is CCCNC(=O)[C@@H](Cc1ccccc1)N(Cc1cccc(Cl)c1)C(=O)CN(c1ccccc1)S(=O)(=O)c1ccc(OC)cc1. The fraction of sp³-hybridized carbons (Fsp3) is 0.235. The molecule has 0 fully saturated rings. The molecule has 1 N–H and O–H groups in total. The van der Waals surface area contributed by atoms with Gasteiger partial charge in [0.05, 0.1) is 17.7 Å². The van der Waals surface area contributed by atoms with Crippen molar-refractivity contribution in [1.82, 2.24) is 10.2 Å². The lowest BCUT2D eigenvalue weighted by Gasteiger charge is -2.34. The average molecular weight is 634 g/mol. The van der Waals surface area contributed by atoms with Crippen LogP contribution in [0.2, 0.25) is 5.02 Å². The molecule has 0 heterocycles. The largest absolute Gasteiger partial charge is 0.497 e. The van der Waals surface area contributed by atoms with Crippen molar-refractivity contribution in [1.29, 1.82) is 0 Å². The highest BCUT2D eigenvalue weighted by molar-refractivity contribution is 7.92. The Labute approximate surface area is 264 Å². The summed E-state index contributed by atoms with van der Waals surface area (Å²) in [7, 11) is -2.70. The molecule has 10 heteroatoms. The summed E-state index contributed by atoms with van der Waals surface area (Å²) in [6.45, 7) is 1.89. The molecule has 0 spiro atoms. The van der Waals surface area contributed by atoms with Crippen molar-refractivity contribution in [2.75, 3.05) is 24.5 Å². The van der Waals surface area contributed by atoms with Gasteiger partial charge in [-0.25, -0.2) is 8.42 Å². The van der Waals surface area contributed by atoms with Crippen LogP contribution in [0.5, 0.6) is 5.75 Å². The normalized spacial score (nSPS) is 11.8. The average Bonchev–Trinajstić information content (AvgIpc) is 3.04. The van der Waals surface area contributed by atoms with E-state index in [-0.39, 0.29) is 23.8 Å². The van der Waals surface area contributed by atoms with Crippen LogP contribution in [0.1, 0.15) is 24.5 Å². The van der Waals surface area contributed by atoms with Gasteiger partial charge in [0.1, 0.15) is 18.3 Å². The maximum Gasteiger partial charge on any atom is 0.264 e. The zero-order valence-electron chi connectivity index (χ0n) is 24.7. The van der Waals surface area contributed by atoms with E-state index in [9.17, 15) is 18.0 Å². The topological polar surface area (TPSA) is 96.0 Å². The van der Waals surface area contributed by atoms with Crippen LogP contribution >= 0.6 is 11.6 Å². The number of halogens is 1. The number of nitrogens with one attached hydrogen (secondary N) is 1. The molecule has 230 valence electrons. The summed E-state index contributed by atoms with van der Waals surface area (Å²) in [5.74, 6) is -0.366. The molecule has 0 bridgehead atoms. The van der Waals surface area contributed by atoms with Crippen LogP contribution in [0.3, 0.4) is 0 Å². The molecule has 0 unspecified atom stereocenters. The van der Waals surface area contributed by atoms with E-state index in [2.05, 4.69) is 5.32 Å². The van der Waals surface area contributed by atoms with Crippen LogP contribution in [-0.2, 0) is 32.6 Å². The van der Waals surface area contributed by atoms with Gasteiger partial charge in [-0.05, 0) is 66.1 Å². The van der Waals surface area contributed by atoms with Crippen molar-refractivity contribution < 1.29 is 22.7 Å². The first kappa shape index (κ1) is 32.6. The second kappa shape index (κ2) is 15.4. The summed E-state index contributed by atoms with van der Waals surface area (Å²) < 4.78 is 34.4. The van der Waals surface area contributed by atoms with Crippen molar-refractivity contribution in [3.63, 3.8) is 0 Å². The maximum atomic E-state index is 14.4. The molecule has 8 nitrogen and oxygen atoms in total. The first-order valence-electron chi connectivity index (χ1n) is 14.3. The molecule has 0 saturated carbocycles. The number of carbonyl (C=O) groups excluding carboxylic acids is 2. The van der Waals surface area contributed by atoms with Gasteiger partial charge in [-0.1, -0.05) is 79.2 Å². The van der Waals surface area contributed by atoms with Crippen LogP contribution < -0.4 is 14.4 Å². The molecule has 4 rings (SSSR count). The smallest absolute Gasteiger partial charge is 0.264 e. The Balaban J connectivity index is 1.77. The number of carbonyl (C=O) groups is 2. The Morgan fingerprint density at radius 3 is 2.11 bits per heavy atom. The van der Waals surface area contributed by atoms with Crippen LogP contribution in [0, 0.1) is 0 Å². The van der Waals surface area contributed by atoms with Gasteiger partial charge < -0.3 is 15.0 Å². The molecule has 1 atom stereocenters. The third kappa shape index (κ3) is 8.39. The quantitative estimate of drug-likeness (QED) is 0.192. The van der Waals surface area contributed by atoms with Crippen LogP contribution in [-0.4, -0.2) is 51.4 Å². The van der Waals surface area contributed by atoms with Gasteiger partial charge in [-0.2, -0.15) is 0 Å². The van der Waals surface area contributed by atoms with Gasteiger partial charge in [0, 0.05) is 24.5 Å². The van der Waals surface area contributed by atoms with Gasteiger partial charge >= 0.3 is 0 Å². The van der Waals surface area contributed by atoms with Gasteiger partial charge in [0.15, 0.2) is 0 Å². The number of para-hydroxylation sites is 1. The number of rotatable bonds is 14. The molecular weight excluding hydrogens is 598 g/mol. The van der Waals surface area contributed by atoms with Crippen molar-refractivity contribution in [2.24, 2.45) is 0 Å². The Bertz CT molecular complexity index is 1630. The number of ether oxygens (including phenoxy) is 1. The summed E-state index contributed by atoms with van der Waals surface area (Å²) in [6, 6.07) is 30.0. The van der Waals surface area contributed by atoms with Crippen LogP contribution in [0.15, 0.2) is 114 Å². The molecule has 44 heavy (non-hydrogen) atoms. The highest BCUT2D eigenvalue weighted by Crippen LogP contribution is 2.26. The Morgan fingerprint density at radius 2 is 1.50 bits per heavy atom. The number of methoxy groups -OCH3 is 1. The van der Waals surface area contributed by atoms with Gasteiger partial charge in [0.2, 0.25) is 11.8 Å². The summed E-state index contributed by atoms with van der Waals surface area (Å²) in [6.07, 6.45) is 0.952. The first-order chi connectivity index (χ1) is 21.2. The van der Waals surface area contributed by atoms with E-state index in [0.29, 0.717) is 35.0 Å². The van der Waals surface area contributed by atoms with Crippen molar-refractivity contribution in [3.05, 3.63) is 125 Å². The van der Waals surface area contributed by atoms with E-state index in [0.717, 1.165) is 9.87 Å². The number of anilines is 1. The van der Waals surface area contributed by atoms with Gasteiger partial charge in [-0.15, -0.1) is 0 Å². The standard InChI is InChI=1S/C34H36ClN3O5S/c1-3-21-36-34(40)32(23-26-11-6-4-7-12-26)37(24-27-13-10-14-28(35)22-27)33(39)25-38(29-15-8-5-9-16-29)44(41,42)31-19-17-30(43-2)18-20-31/h4-20,22,32H,3,21,23-25H2,1-2H3,(H,36,40)/t32-/m1/s1. The van der Waals surface area contributed by atoms with Crippen molar-refractivity contribution in [3.8, 4) is 5.75 Å². The predicted octanol–water partition coefficient (Wildman–Crippen LogP) is 5.71. The van der Waals surface area contributed by atoms with E-state index in [1.165, 1.54) is 24.1 Å². The third-order valence-electron chi connectivity index (χ3n) is 7.03. The molecule has 0 aliphatic rings.